The molecule has 2 unspecified atom stereocenters. The predicted molar refractivity (Wildman–Crippen MR) is 129 cm³/mol. The lowest BCUT2D eigenvalue weighted by atomic mass is 9.96. The number of nitrogens with one attached hydrogen (secondary N) is 1. The number of carboxylic acids is 1. The lowest BCUT2D eigenvalue weighted by Crippen LogP contribution is -2.62. The molecule has 1 aliphatic carbocycles. The lowest BCUT2D eigenvalue weighted by Gasteiger charge is -2.36. The van der Waals surface area contributed by atoms with Gasteiger partial charge in [-0.05, 0) is 36.3 Å². The van der Waals surface area contributed by atoms with Crippen LogP contribution in [-0.4, -0.2) is 92.0 Å². The van der Waals surface area contributed by atoms with E-state index in [-0.39, 0.29) is 38.7 Å². The fourth-order valence-corrected chi connectivity index (χ4v) is 4.91. The van der Waals surface area contributed by atoms with Crippen LogP contribution in [0.3, 0.4) is 0 Å². The van der Waals surface area contributed by atoms with Crippen molar-refractivity contribution in [2.24, 2.45) is 0 Å². The van der Waals surface area contributed by atoms with Crippen LogP contribution >= 0.6 is 0 Å². The minimum absolute atomic E-state index is 0.0931. The number of ether oxygens (including phenoxy) is 2. The number of rotatable bonds is 8. The van der Waals surface area contributed by atoms with E-state index in [1.165, 1.54) is 11.9 Å². The summed E-state index contributed by atoms with van der Waals surface area (Å²) < 4.78 is 10.9. The van der Waals surface area contributed by atoms with Crippen molar-refractivity contribution in [2.45, 2.75) is 23.9 Å². The Labute approximate surface area is 204 Å². The summed E-state index contributed by atoms with van der Waals surface area (Å²) in [4.78, 5) is 41.0. The quantitative estimate of drug-likeness (QED) is 0.595. The Morgan fingerprint density at radius 3 is 2.20 bits per heavy atom. The van der Waals surface area contributed by atoms with E-state index in [9.17, 15) is 19.5 Å². The molecule has 2 N–H and O–H groups in total. The van der Waals surface area contributed by atoms with Crippen molar-refractivity contribution in [3.8, 4) is 11.1 Å². The number of hydrogen-bond acceptors (Lipinski definition) is 6. The highest BCUT2D eigenvalue weighted by atomic mass is 16.5. The van der Waals surface area contributed by atoms with Crippen LogP contribution in [0.2, 0.25) is 0 Å². The third-order valence-corrected chi connectivity index (χ3v) is 6.85. The average Bonchev–Trinajstić information content (AvgIpc) is 3.46. The van der Waals surface area contributed by atoms with E-state index in [0.717, 1.165) is 22.3 Å². The van der Waals surface area contributed by atoms with Gasteiger partial charge in [-0.1, -0.05) is 48.5 Å². The molecule has 0 spiro atoms. The molecule has 9 nitrogen and oxygen atoms in total. The molecule has 1 heterocycles. The minimum Gasteiger partial charge on any atom is -0.479 e. The van der Waals surface area contributed by atoms with E-state index in [1.54, 1.807) is 19.0 Å². The first-order valence-electron chi connectivity index (χ1n) is 11.6. The third-order valence-electron chi connectivity index (χ3n) is 6.85. The Balaban J connectivity index is 1.46. The molecule has 2 amide bonds. The van der Waals surface area contributed by atoms with Crippen molar-refractivity contribution in [1.82, 2.24) is 15.1 Å². The van der Waals surface area contributed by atoms with Gasteiger partial charge in [0.25, 0.3) is 0 Å². The van der Waals surface area contributed by atoms with Crippen LogP contribution in [-0.2, 0) is 19.1 Å². The van der Waals surface area contributed by atoms with Crippen LogP contribution in [0.25, 0.3) is 11.1 Å². The molecular weight excluding hydrogens is 450 g/mol. The molecule has 4 rings (SSSR count). The highest BCUT2D eigenvalue weighted by Gasteiger charge is 2.49. The molecule has 1 saturated heterocycles. The molecule has 9 heteroatoms. The van der Waals surface area contributed by atoms with Crippen molar-refractivity contribution in [2.75, 3.05) is 47.5 Å². The molecule has 2 aliphatic rings. The number of alkyl carbamates (subject to hydrolysis) is 1. The smallest absolute Gasteiger partial charge is 0.407 e. The largest absolute Gasteiger partial charge is 0.479 e. The molecule has 0 saturated carbocycles. The Hall–Kier alpha value is -3.43. The van der Waals surface area contributed by atoms with Crippen LogP contribution in [0.4, 0.5) is 4.79 Å². The van der Waals surface area contributed by atoms with E-state index in [4.69, 9.17) is 9.47 Å². The Morgan fingerprint density at radius 1 is 1.09 bits per heavy atom. The summed E-state index contributed by atoms with van der Waals surface area (Å²) in [5.41, 5.74) is 2.97. The van der Waals surface area contributed by atoms with E-state index in [1.807, 2.05) is 36.4 Å². The molecular formula is C26H31N3O6. The summed E-state index contributed by atoms with van der Waals surface area (Å²) in [6, 6.07) is 15.1. The first kappa shape index (κ1) is 24.7. The number of likely N-dealkylation sites (N-methyl/N-ethyl adjacent to an activating group) is 2. The van der Waals surface area contributed by atoms with Gasteiger partial charge in [-0.2, -0.15) is 0 Å². The van der Waals surface area contributed by atoms with Gasteiger partial charge in [0.05, 0.1) is 6.61 Å². The minimum atomic E-state index is -1.45. The molecule has 2 atom stereocenters. The predicted octanol–water partition coefficient (Wildman–Crippen LogP) is 2.16. The Bertz CT molecular complexity index is 1070. The molecule has 2 aromatic carbocycles. The maximum atomic E-state index is 13.3. The zero-order valence-corrected chi connectivity index (χ0v) is 20.2. The number of fused-ring (bicyclic) bond motifs is 3. The van der Waals surface area contributed by atoms with Crippen LogP contribution < -0.4 is 5.32 Å². The second-order valence-corrected chi connectivity index (χ2v) is 9.32. The first-order chi connectivity index (χ1) is 16.7. The third kappa shape index (κ3) is 4.74. The van der Waals surface area contributed by atoms with Gasteiger partial charge in [-0.15, -0.1) is 0 Å². The SMILES string of the molecule is CN(C)CC(NC(=O)OCC1c2ccccc2-c2ccccc21)C(=O)N(C)C1(C(=O)O)CCOC1. The fourth-order valence-electron chi connectivity index (χ4n) is 4.91. The van der Waals surface area contributed by atoms with E-state index < -0.39 is 29.6 Å². The van der Waals surface area contributed by atoms with Crippen molar-refractivity contribution in [3.05, 3.63) is 59.7 Å². The van der Waals surface area contributed by atoms with E-state index in [0.29, 0.717) is 0 Å². The highest BCUT2D eigenvalue weighted by molar-refractivity contribution is 5.91. The van der Waals surface area contributed by atoms with Gasteiger partial charge < -0.3 is 29.7 Å². The van der Waals surface area contributed by atoms with Crippen LogP contribution in [0.15, 0.2) is 48.5 Å². The molecule has 0 bridgehead atoms. The molecule has 2 aromatic rings. The lowest BCUT2D eigenvalue weighted by molar-refractivity contribution is -0.158. The summed E-state index contributed by atoms with van der Waals surface area (Å²) in [7, 11) is 4.98. The van der Waals surface area contributed by atoms with Crippen LogP contribution in [0, 0.1) is 0 Å². The van der Waals surface area contributed by atoms with Crippen molar-refractivity contribution >= 4 is 18.0 Å². The molecule has 1 fully saturated rings. The highest BCUT2D eigenvalue weighted by Crippen LogP contribution is 2.44. The number of carbonyl (C=O) groups is 3. The Morgan fingerprint density at radius 2 is 1.69 bits per heavy atom. The standard InChI is InChI=1S/C26H31N3O6/c1-28(2)14-22(23(30)29(3)26(24(31)32)12-13-34-16-26)27-25(33)35-15-21-19-10-6-4-8-17(19)18-9-5-7-11-20(18)21/h4-11,21-22H,12-16H2,1-3H3,(H,27,33)(H,31,32). The number of benzene rings is 2. The number of hydrogen-bond donors (Lipinski definition) is 2. The van der Waals surface area contributed by atoms with Crippen molar-refractivity contribution < 1.29 is 29.0 Å². The average molecular weight is 482 g/mol. The number of nitrogens with zero attached hydrogens (tertiary/aromatic N) is 2. The van der Waals surface area contributed by atoms with Crippen LogP contribution in [0.5, 0.6) is 0 Å². The van der Waals surface area contributed by atoms with Gasteiger partial charge in [0, 0.05) is 32.5 Å². The molecule has 0 aromatic heterocycles. The fraction of sp³-hybridized carbons (Fsp3) is 0.423. The summed E-state index contributed by atoms with van der Waals surface area (Å²) in [6.45, 7) is 0.460. The second kappa shape index (κ2) is 10.1. The second-order valence-electron chi connectivity index (χ2n) is 9.32. The maximum absolute atomic E-state index is 13.3. The van der Waals surface area contributed by atoms with Gasteiger partial charge in [-0.3, -0.25) is 4.79 Å². The molecule has 35 heavy (non-hydrogen) atoms. The summed E-state index contributed by atoms with van der Waals surface area (Å²) >= 11 is 0. The number of carbonyl (C=O) groups excluding carboxylic acids is 2. The number of aliphatic carboxylic acids is 1. The number of amides is 2. The van der Waals surface area contributed by atoms with Crippen molar-refractivity contribution in [3.63, 3.8) is 0 Å². The monoisotopic (exact) mass is 481 g/mol. The van der Waals surface area contributed by atoms with Gasteiger partial charge in [0.15, 0.2) is 5.54 Å². The first-order valence-corrected chi connectivity index (χ1v) is 11.6. The molecule has 1 aliphatic heterocycles. The normalized spacial score (nSPS) is 19.7. The van der Waals surface area contributed by atoms with Crippen LogP contribution in [0.1, 0.15) is 23.5 Å². The van der Waals surface area contributed by atoms with Gasteiger partial charge in [0.2, 0.25) is 5.91 Å². The molecule has 0 radical (unpaired) electrons. The zero-order chi connectivity index (χ0) is 25.2. The van der Waals surface area contributed by atoms with Crippen molar-refractivity contribution in [1.29, 1.82) is 0 Å². The Kier molecular flexibility index (Phi) is 7.09. The summed E-state index contributed by atoms with van der Waals surface area (Å²) in [5, 5.41) is 12.5. The summed E-state index contributed by atoms with van der Waals surface area (Å²) in [5.74, 6) is -1.75. The van der Waals surface area contributed by atoms with E-state index in [2.05, 4.69) is 17.4 Å². The maximum Gasteiger partial charge on any atom is 0.407 e. The van der Waals surface area contributed by atoms with Gasteiger partial charge in [0.1, 0.15) is 12.6 Å². The van der Waals surface area contributed by atoms with E-state index >= 15 is 0 Å². The summed E-state index contributed by atoms with van der Waals surface area (Å²) in [6.07, 6.45) is -0.544. The topological polar surface area (TPSA) is 108 Å². The zero-order valence-electron chi connectivity index (χ0n) is 20.2. The number of carboxylic acid groups (broad SMARTS) is 1. The van der Waals surface area contributed by atoms with Gasteiger partial charge >= 0.3 is 12.1 Å². The van der Waals surface area contributed by atoms with Gasteiger partial charge in [-0.25, -0.2) is 9.59 Å². The molecule has 186 valence electrons.